The summed E-state index contributed by atoms with van der Waals surface area (Å²) < 4.78 is 5.75. The first-order chi connectivity index (χ1) is 8.81. The summed E-state index contributed by atoms with van der Waals surface area (Å²) in [5, 5.41) is 9.79. The minimum absolute atomic E-state index is 0.250. The number of hydrogen-bond donors (Lipinski definition) is 1. The lowest BCUT2D eigenvalue weighted by Crippen LogP contribution is -1.98. The number of hydrogen-bond acceptors (Lipinski definition) is 2. The first kappa shape index (κ1) is 12.2. The molecule has 0 atom stereocenters. The van der Waals surface area contributed by atoms with Gasteiger partial charge in [-0.05, 0) is 24.1 Å². The molecule has 0 radical (unpaired) electrons. The lowest BCUT2D eigenvalue weighted by atomic mass is 10.1. The van der Waals surface area contributed by atoms with E-state index in [0.717, 1.165) is 11.1 Å². The van der Waals surface area contributed by atoms with Crippen molar-refractivity contribution >= 4 is 0 Å². The van der Waals surface area contributed by atoms with E-state index >= 15 is 0 Å². The Hall–Kier alpha value is -2.22. The van der Waals surface area contributed by atoms with Crippen molar-refractivity contribution in [2.45, 2.75) is 13.0 Å². The van der Waals surface area contributed by atoms with Gasteiger partial charge in [-0.3, -0.25) is 0 Å². The van der Waals surface area contributed by atoms with Crippen molar-refractivity contribution in [1.29, 1.82) is 0 Å². The summed E-state index contributed by atoms with van der Waals surface area (Å²) in [4.78, 5) is 0. The van der Waals surface area contributed by atoms with Crippen LogP contribution in [0.4, 0.5) is 0 Å². The Kier molecular flexibility index (Phi) is 4.02. The molecule has 18 heavy (non-hydrogen) atoms. The minimum Gasteiger partial charge on any atom is -0.508 e. The van der Waals surface area contributed by atoms with Gasteiger partial charge >= 0.3 is 0 Å². The van der Waals surface area contributed by atoms with Gasteiger partial charge in [0.05, 0.1) is 0 Å². The fourth-order valence-corrected chi connectivity index (χ4v) is 1.77. The zero-order valence-corrected chi connectivity index (χ0v) is 10.2. The summed E-state index contributed by atoms with van der Waals surface area (Å²) in [6.45, 7) is 4.18. The molecule has 0 saturated carbocycles. The fraction of sp³-hybridized carbons (Fsp3) is 0.125. The highest BCUT2D eigenvalue weighted by molar-refractivity contribution is 5.45. The Labute approximate surface area is 107 Å². The molecular weight excluding hydrogens is 224 g/mol. The SMILES string of the molecule is C=CCc1c(O)cccc1OCc1ccccc1. The van der Waals surface area contributed by atoms with Crippen LogP contribution >= 0.6 is 0 Å². The molecule has 0 bridgehead atoms. The molecule has 2 aromatic rings. The van der Waals surface area contributed by atoms with Crippen LogP contribution < -0.4 is 4.74 Å². The molecule has 92 valence electrons. The van der Waals surface area contributed by atoms with Crippen LogP contribution in [0.3, 0.4) is 0 Å². The first-order valence-electron chi connectivity index (χ1n) is 5.89. The van der Waals surface area contributed by atoms with Crippen molar-refractivity contribution in [1.82, 2.24) is 0 Å². The molecule has 0 fully saturated rings. The summed E-state index contributed by atoms with van der Waals surface area (Å²) >= 11 is 0. The molecule has 0 saturated heterocycles. The van der Waals surface area contributed by atoms with Crippen LogP contribution in [0.1, 0.15) is 11.1 Å². The van der Waals surface area contributed by atoms with Gasteiger partial charge in [0.1, 0.15) is 18.1 Å². The molecule has 0 aliphatic carbocycles. The Morgan fingerprint density at radius 3 is 2.56 bits per heavy atom. The van der Waals surface area contributed by atoms with E-state index in [1.165, 1.54) is 0 Å². The lowest BCUT2D eigenvalue weighted by molar-refractivity contribution is 0.301. The quantitative estimate of drug-likeness (QED) is 0.807. The van der Waals surface area contributed by atoms with Gasteiger partial charge in [-0.2, -0.15) is 0 Å². The van der Waals surface area contributed by atoms with Crippen LogP contribution in [0.2, 0.25) is 0 Å². The maximum atomic E-state index is 9.79. The zero-order chi connectivity index (χ0) is 12.8. The van der Waals surface area contributed by atoms with E-state index in [1.54, 1.807) is 18.2 Å². The molecule has 0 aliphatic heterocycles. The molecule has 2 aromatic carbocycles. The number of phenolic OH excluding ortho intramolecular Hbond substituents is 1. The molecule has 2 rings (SSSR count). The molecule has 0 amide bonds. The lowest BCUT2D eigenvalue weighted by Gasteiger charge is -2.11. The molecule has 0 aliphatic rings. The average Bonchev–Trinajstić information content (AvgIpc) is 2.41. The largest absolute Gasteiger partial charge is 0.508 e. The van der Waals surface area contributed by atoms with Crippen LogP contribution in [0.5, 0.6) is 11.5 Å². The number of aromatic hydroxyl groups is 1. The van der Waals surface area contributed by atoms with E-state index < -0.39 is 0 Å². The summed E-state index contributed by atoms with van der Waals surface area (Å²) in [7, 11) is 0. The summed E-state index contributed by atoms with van der Waals surface area (Å²) in [6.07, 6.45) is 2.35. The van der Waals surface area contributed by atoms with Crippen LogP contribution in [0, 0.1) is 0 Å². The smallest absolute Gasteiger partial charge is 0.127 e. The molecule has 2 heteroatoms. The Morgan fingerprint density at radius 2 is 1.83 bits per heavy atom. The van der Waals surface area contributed by atoms with Gasteiger partial charge in [-0.15, -0.1) is 6.58 Å². The van der Waals surface area contributed by atoms with Crippen molar-refractivity contribution in [2.75, 3.05) is 0 Å². The molecule has 0 aromatic heterocycles. The Morgan fingerprint density at radius 1 is 1.06 bits per heavy atom. The molecular formula is C16H16O2. The first-order valence-corrected chi connectivity index (χ1v) is 5.89. The highest BCUT2D eigenvalue weighted by Gasteiger charge is 2.07. The third kappa shape index (κ3) is 2.92. The van der Waals surface area contributed by atoms with E-state index in [9.17, 15) is 5.11 Å². The molecule has 1 N–H and O–H groups in total. The van der Waals surface area contributed by atoms with E-state index in [-0.39, 0.29) is 5.75 Å². The van der Waals surface area contributed by atoms with Crippen molar-refractivity contribution in [3.05, 3.63) is 72.3 Å². The zero-order valence-electron chi connectivity index (χ0n) is 10.2. The molecule has 0 spiro atoms. The third-order valence-corrected chi connectivity index (χ3v) is 2.69. The molecule has 0 heterocycles. The number of ether oxygens (including phenoxy) is 1. The predicted molar refractivity (Wildman–Crippen MR) is 72.8 cm³/mol. The molecule has 0 unspecified atom stereocenters. The second-order valence-electron chi connectivity index (χ2n) is 4.02. The minimum atomic E-state index is 0.250. The van der Waals surface area contributed by atoms with Gasteiger partial charge in [0, 0.05) is 5.56 Å². The van der Waals surface area contributed by atoms with E-state index in [2.05, 4.69) is 6.58 Å². The standard InChI is InChI=1S/C16H16O2/c1-2-7-14-15(17)10-6-11-16(14)18-12-13-8-4-3-5-9-13/h2-6,8-11,17H,1,7,12H2. The average molecular weight is 240 g/mol. The Bertz CT molecular complexity index is 518. The maximum absolute atomic E-state index is 9.79. The third-order valence-electron chi connectivity index (χ3n) is 2.69. The number of benzene rings is 2. The van der Waals surface area contributed by atoms with Crippen molar-refractivity contribution in [3.8, 4) is 11.5 Å². The molecule has 2 nitrogen and oxygen atoms in total. The van der Waals surface area contributed by atoms with Gasteiger partial charge in [-0.25, -0.2) is 0 Å². The van der Waals surface area contributed by atoms with Gasteiger partial charge in [0.25, 0.3) is 0 Å². The van der Waals surface area contributed by atoms with Crippen LogP contribution in [-0.2, 0) is 13.0 Å². The van der Waals surface area contributed by atoms with Gasteiger partial charge < -0.3 is 9.84 Å². The number of phenols is 1. The van der Waals surface area contributed by atoms with Crippen molar-refractivity contribution < 1.29 is 9.84 Å². The van der Waals surface area contributed by atoms with E-state index in [1.807, 2.05) is 36.4 Å². The fourth-order valence-electron chi connectivity index (χ4n) is 1.77. The van der Waals surface area contributed by atoms with Gasteiger partial charge in [-0.1, -0.05) is 42.5 Å². The second kappa shape index (κ2) is 5.92. The van der Waals surface area contributed by atoms with E-state index in [0.29, 0.717) is 18.8 Å². The summed E-state index contributed by atoms with van der Waals surface area (Å²) in [5.74, 6) is 0.958. The Balaban J connectivity index is 2.14. The maximum Gasteiger partial charge on any atom is 0.127 e. The summed E-state index contributed by atoms with van der Waals surface area (Å²) in [5.41, 5.74) is 1.88. The van der Waals surface area contributed by atoms with Gasteiger partial charge in [0.2, 0.25) is 0 Å². The predicted octanol–water partition coefficient (Wildman–Crippen LogP) is 3.70. The second-order valence-corrected chi connectivity index (χ2v) is 4.02. The van der Waals surface area contributed by atoms with E-state index in [4.69, 9.17) is 4.74 Å². The normalized spacial score (nSPS) is 10.0. The summed E-state index contributed by atoms with van der Waals surface area (Å²) in [6, 6.07) is 15.3. The monoisotopic (exact) mass is 240 g/mol. The number of rotatable bonds is 5. The van der Waals surface area contributed by atoms with Crippen molar-refractivity contribution in [2.24, 2.45) is 0 Å². The highest BCUT2D eigenvalue weighted by atomic mass is 16.5. The van der Waals surface area contributed by atoms with Crippen LogP contribution in [0.25, 0.3) is 0 Å². The van der Waals surface area contributed by atoms with Gasteiger partial charge in [0.15, 0.2) is 0 Å². The van der Waals surface area contributed by atoms with Crippen LogP contribution in [0.15, 0.2) is 61.2 Å². The highest BCUT2D eigenvalue weighted by Crippen LogP contribution is 2.28. The topological polar surface area (TPSA) is 29.5 Å². The number of allylic oxidation sites excluding steroid dienone is 1. The van der Waals surface area contributed by atoms with Crippen molar-refractivity contribution in [3.63, 3.8) is 0 Å². The van der Waals surface area contributed by atoms with Crippen LogP contribution in [-0.4, -0.2) is 5.11 Å².